The van der Waals surface area contributed by atoms with Gasteiger partial charge in [-0.15, -0.1) is 0 Å². The Morgan fingerprint density at radius 3 is 2.62 bits per heavy atom. The monoisotopic (exact) mass is 461 g/mol. The maximum Gasteiger partial charge on any atom is 0.328 e. The summed E-state index contributed by atoms with van der Waals surface area (Å²) in [5.74, 6) is 10.8. The number of hydroxylamine groups is 1. The van der Waals surface area contributed by atoms with Crippen molar-refractivity contribution in [3.63, 3.8) is 0 Å². The summed E-state index contributed by atoms with van der Waals surface area (Å²) in [6.07, 6.45) is 5.71. The number of aliphatic hydroxyl groups excluding tert-OH is 1. The lowest BCUT2D eigenvalue weighted by molar-refractivity contribution is -0.131. The molecule has 0 bridgehead atoms. The lowest BCUT2D eigenvalue weighted by Crippen LogP contribution is -2.50. The van der Waals surface area contributed by atoms with Gasteiger partial charge in [0.05, 0.1) is 13.2 Å². The molecule has 2 heterocycles. The third kappa shape index (κ3) is 4.68. The van der Waals surface area contributed by atoms with Crippen molar-refractivity contribution in [3.8, 4) is 23.7 Å². The van der Waals surface area contributed by atoms with Crippen LogP contribution in [0.25, 0.3) is 0 Å². The van der Waals surface area contributed by atoms with Crippen molar-refractivity contribution in [2.24, 2.45) is 11.8 Å². The number of rotatable bonds is 7. The average molecular weight is 462 g/mol. The number of amides is 2. The normalized spacial score (nSPS) is 18.4. The van der Waals surface area contributed by atoms with E-state index >= 15 is 0 Å². The zero-order valence-electron chi connectivity index (χ0n) is 18.1. The van der Waals surface area contributed by atoms with Gasteiger partial charge >= 0.3 is 6.03 Å². The third-order valence-corrected chi connectivity index (χ3v) is 8.46. The van der Waals surface area contributed by atoms with E-state index in [1.54, 1.807) is 12.3 Å². The van der Waals surface area contributed by atoms with E-state index in [1.807, 2.05) is 0 Å². The average Bonchev–Trinajstić information content (AvgIpc) is 3.23. The molecule has 1 aliphatic heterocycles. The number of nitrogens with zero attached hydrogens (tertiary/aromatic N) is 2. The first-order chi connectivity index (χ1) is 15.1. The Kier molecular flexibility index (Phi) is 6.99. The number of fused-ring (bicyclic) bond motifs is 1. The highest BCUT2D eigenvalue weighted by Crippen LogP contribution is 2.32. The quantitative estimate of drug-likeness (QED) is 0.312. The van der Waals surface area contributed by atoms with Crippen LogP contribution < -0.4 is 5.48 Å². The maximum atomic E-state index is 12.7. The molecule has 2 amide bonds. The Bertz CT molecular complexity index is 1130. The highest BCUT2D eigenvalue weighted by atomic mass is 32.2. The Morgan fingerprint density at radius 2 is 2.09 bits per heavy atom. The predicted octanol–water partition coefficient (Wildman–Crippen LogP) is 0.734. The second-order valence-corrected chi connectivity index (χ2v) is 10.9. The SMILES string of the molecule is C[C@@](CCN1Cc2cc(C#CC#CC(CO)C3CCC3)cn2C1=O)(C(=O)NO)S(C)(=O)=O. The number of aliphatic hydroxyl groups is 1. The van der Waals surface area contributed by atoms with Crippen LogP contribution in [-0.2, 0) is 21.2 Å². The molecule has 3 N–H and O–H groups in total. The van der Waals surface area contributed by atoms with Crippen molar-refractivity contribution in [1.29, 1.82) is 0 Å². The first kappa shape index (κ1) is 23.9. The molecule has 32 heavy (non-hydrogen) atoms. The zero-order chi connectivity index (χ0) is 23.5. The van der Waals surface area contributed by atoms with E-state index in [2.05, 4.69) is 23.7 Å². The van der Waals surface area contributed by atoms with E-state index in [0.717, 1.165) is 19.1 Å². The molecule has 0 spiro atoms. The van der Waals surface area contributed by atoms with E-state index in [9.17, 15) is 23.1 Å². The summed E-state index contributed by atoms with van der Waals surface area (Å²) in [5, 5.41) is 18.3. The molecular formula is C22H27N3O6S. The molecule has 0 saturated heterocycles. The van der Waals surface area contributed by atoms with Crippen LogP contribution in [0.2, 0.25) is 0 Å². The van der Waals surface area contributed by atoms with Gasteiger partial charge < -0.3 is 10.0 Å². The predicted molar refractivity (Wildman–Crippen MR) is 116 cm³/mol. The highest BCUT2D eigenvalue weighted by molar-refractivity contribution is 7.92. The van der Waals surface area contributed by atoms with Gasteiger partial charge in [-0.2, -0.15) is 0 Å². The molecule has 3 rings (SSSR count). The van der Waals surface area contributed by atoms with E-state index in [1.165, 1.54) is 28.3 Å². The van der Waals surface area contributed by atoms with Gasteiger partial charge in [0.1, 0.15) is 0 Å². The van der Waals surface area contributed by atoms with Crippen molar-refractivity contribution in [3.05, 3.63) is 23.5 Å². The molecule has 172 valence electrons. The second kappa shape index (κ2) is 9.37. The molecule has 1 fully saturated rings. The van der Waals surface area contributed by atoms with Gasteiger partial charge in [-0.3, -0.25) is 14.6 Å². The van der Waals surface area contributed by atoms with Crippen molar-refractivity contribution < 1.29 is 28.3 Å². The molecule has 1 saturated carbocycles. The van der Waals surface area contributed by atoms with Gasteiger partial charge in [-0.05, 0) is 50.0 Å². The zero-order valence-corrected chi connectivity index (χ0v) is 18.9. The van der Waals surface area contributed by atoms with Crippen molar-refractivity contribution in [1.82, 2.24) is 14.9 Å². The number of hydrogen-bond acceptors (Lipinski definition) is 6. The number of hydrogen-bond donors (Lipinski definition) is 3. The van der Waals surface area contributed by atoms with E-state index in [4.69, 9.17) is 5.21 Å². The summed E-state index contributed by atoms with van der Waals surface area (Å²) in [5.41, 5.74) is 2.73. The van der Waals surface area contributed by atoms with Crippen LogP contribution in [0.15, 0.2) is 12.3 Å². The standard InChI is InChI=1S/C22H27N3O6S/c1-22(20(27)23-29,32(2,30)31)10-11-24-14-19-12-16(13-25(19)21(24)28)6-3-4-7-18(15-26)17-8-5-9-17/h12-13,17-18,26,29H,5,8-11,14-15H2,1-2H3,(H,23,27)/t18?,22-/m1/s1. The van der Waals surface area contributed by atoms with E-state index < -0.39 is 20.5 Å². The molecule has 0 aromatic carbocycles. The van der Waals surface area contributed by atoms with Gasteiger partial charge in [0.25, 0.3) is 5.91 Å². The molecule has 10 heteroatoms. The molecule has 1 unspecified atom stereocenters. The van der Waals surface area contributed by atoms with Crippen molar-refractivity contribution >= 4 is 21.8 Å². The smallest absolute Gasteiger partial charge is 0.328 e. The summed E-state index contributed by atoms with van der Waals surface area (Å²) in [6, 6.07) is 1.42. The fraction of sp³-hybridized carbons (Fsp3) is 0.545. The van der Waals surface area contributed by atoms with Crippen LogP contribution in [0.4, 0.5) is 4.79 Å². The van der Waals surface area contributed by atoms with Crippen LogP contribution in [0.3, 0.4) is 0 Å². The van der Waals surface area contributed by atoms with Crippen LogP contribution in [0.5, 0.6) is 0 Å². The first-order valence-corrected chi connectivity index (χ1v) is 12.3. The summed E-state index contributed by atoms with van der Waals surface area (Å²) < 4.78 is 23.7. The van der Waals surface area contributed by atoms with Gasteiger partial charge in [-0.1, -0.05) is 18.3 Å². The number of aromatic nitrogens is 1. The Labute approximate surface area is 187 Å². The van der Waals surface area contributed by atoms with E-state index in [-0.39, 0.29) is 38.1 Å². The fourth-order valence-electron chi connectivity index (χ4n) is 3.79. The number of nitrogens with one attached hydrogen (secondary N) is 1. The minimum atomic E-state index is -3.83. The van der Waals surface area contributed by atoms with Crippen LogP contribution >= 0.6 is 0 Å². The Morgan fingerprint density at radius 1 is 1.38 bits per heavy atom. The minimum Gasteiger partial charge on any atom is -0.395 e. The summed E-state index contributed by atoms with van der Waals surface area (Å²) in [4.78, 5) is 26.0. The van der Waals surface area contributed by atoms with Gasteiger partial charge in [0.2, 0.25) is 0 Å². The molecule has 2 atom stereocenters. The molecule has 1 aliphatic carbocycles. The molecule has 2 aliphatic rings. The number of carbonyl (C=O) groups excluding carboxylic acids is 2. The van der Waals surface area contributed by atoms with Crippen molar-refractivity contribution in [2.75, 3.05) is 19.4 Å². The number of carbonyl (C=O) groups is 2. The second-order valence-electron chi connectivity index (χ2n) is 8.49. The largest absolute Gasteiger partial charge is 0.395 e. The van der Waals surface area contributed by atoms with Gasteiger partial charge in [0, 0.05) is 36.2 Å². The molecular weight excluding hydrogens is 434 g/mol. The molecule has 9 nitrogen and oxygen atoms in total. The fourth-order valence-corrected chi connectivity index (χ4v) is 4.63. The van der Waals surface area contributed by atoms with Gasteiger partial charge in [-0.25, -0.2) is 18.7 Å². The Balaban J connectivity index is 1.64. The highest BCUT2D eigenvalue weighted by Gasteiger charge is 2.44. The van der Waals surface area contributed by atoms with Crippen LogP contribution in [0, 0.1) is 35.5 Å². The molecule has 1 aromatic heterocycles. The van der Waals surface area contributed by atoms with E-state index in [0.29, 0.717) is 17.2 Å². The number of sulfone groups is 1. The van der Waals surface area contributed by atoms with Crippen LogP contribution in [0.1, 0.15) is 43.9 Å². The van der Waals surface area contributed by atoms with Crippen molar-refractivity contribution in [2.45, 2.75) is 43.9 Å². The maximum absolute atomic E-state index is 12.7. The summed E-state index contributed by atoms with van der Waals surface area (Å²) in [6.45, 7) is 1.52. The van der Waals surface area contributed by atoms with Crippen LogP contribution in [-0.4, -0.2) is 64.3 Å². The minimum absolute atomic E-state index is 0.0215. The van der Waals surface area contributed by atoms with Gasteiger partial charge in [0.15, 0.2) is 14.6 Å². The third-order valence-electron chi connectivity index (χ3n) is 6.43. The topological polar surface area (TPSA) is 129 Å². The molecule has 1 aromatic rings. The lowest BCUT2D eigenvalue weighted by atomic mass is 9.76. The first-order valence-electron chi connectivity index (χ1n) is 10.4. The summed E-state index contributed by atoms with van der Waals surface area (Å²) >= 11 is 0. The summed E-state index contributed by atoms with van der Waals surface area (Å²) in [7, 11) is -3.83. The Hall–Kier alpha value is -2.79. The molecule has 0 radical (unpaired) electrons. The lowest BCUT2D eigenvalue weighted by Gasteiger charge is -2.29.